The van der Waals surface area contributed by atoms with Crippen LogP contribution in [0.5, 0.6) is 0 Å². The molecule has 0 aliphatic rings. The van der Waals surface area contributed by atoms with Crippen LogP contribution in [0.3, 0.4) is 0 Å². The lowest BCUT2D eigenvalue weighted by molar-refractivity contribution is 0.551. The van der Waals surface area contributed by atoms with Crippen LogP contribution < -0.4 is 0 Å². The number of aryl methyl sites for hydroxylation is 1. The molecule has 0 saturated heterocycles. The molecule has 2 rings (SSSR count). The second-order valence-corrected chi connectivity index (χ2v) is 4.48. The smallest absolute Gasteiger partial charge is 0.231 e. The summed E-state index contributed by atoms with van der Waals surface area (Å²) in [4.78, 5) is 7.80. The Kier molecular flexibility index (Phi) is 2.88. The van der Waals surface area contributed by atoms with Gasteiger partial charge in [0.1, 0.15) is 0 Å². The Bertz CT molecular complexity index is 490. The third-order valence-electron chi connectivity index (χ3n) is 1.80. The average Bonchev–Trinajstić information content (AvgIpc) is 2.60. The Morgan fingerprint density at radius 3 is 2.60 bits per heavy atom. The molecule has 0 aromatic carbocycles. The van der Waals surface area contributed by atoms with Crippen LogP contribution in [-0.4, -0.2) is 9.97 Å². The monoisotopic (exact) mass is 334 g/mol. The Morgan fingerprint density at radius 1 is 1.33 bits per heavy atom. The van der Waals surface area contributed by atoms with Crippen molar-refractivity contribution >= 4 is 31.9 Å². The Balaban J connectivity index is 2.60. The molecule has 0 aliphatic heterocycles. The minimum absolute atomic E-state index is 0.227. The fourth-order valence-electron chi connectivity index (χ4n) is 1.08. The summed E-state index contributed by atoms with van der Waals surface area (Å²) in [5.41, 5.74) is 0.529. The van der Waals surface area contributed by atoms with Gasteiger partial charge in [-0.05, 0) is 44.8 Å². The zero-order valence-electron chi connectivity index (χ0n) is 7.59. The summed E-state index contributed by atoms with van der Waals surface area (Å²) in [5, 5.41) is 0. The van der Waals surface area contributed by atoms with Gasteiger partial charge in [-0.2, -0.15) is 9.37 Å². The van der Waals surface area contributed by atoms with Crippen molar-refractivity contribution in [3.8, 4) is 11.6 Å². The highest BCUT2D eigenvalue weighted by atomic mass is 79.9. The molecule has 2 aromatic heterocycles. The number of hydrogen-bond acceptors (Lipinski definition) is 3. The first kappa shape index (κ1) is 10.8. The van der Waals surface area contributed by atoms with Crippen LogP contribution in [0.1, 0.15) is 5.69 Å². The number of hydrogen-bond donors (Lipinski definition) is 0. The van der Waals surface area contributed by atoms with Crippen LogP contribution in [0.2, 0.25) is 0 Å². The van der Waals surface area contributed by atoms with Gasteiger partial charge < -0.3 is 4.42 Å². The molecule has 0 fully saturated rings. The van der Waals surface area contributed by atoms with Crippen molar-refractivity contribution < 1.29 is 8.81 Å². The summed E-state index contributed by atoms with van der Waals surface area (Å²) in [6.07, 6.45) is 1.48. The van der Waals surface area contributed by atoms with Gasteiger partial charge >= 0.3 is 0 Å². The maximum Gasteiger partial charge on any atom is 0.231 e. The lowest BCUT2D eigenvalue weighted by Gasteiger charge is -2.01. The number of halogens is 3. The lowest BCUT2D eigenvalue weighted by Crippen LogP contribution is -1.97. The van der Waals surface area contributed by atoms with Crippen molar-refractivity contribution in [3.63, 3.8) is 0 Å². The lowest BCUT2D eigenvalue weighted by atomic mass is 10.4. The molecule has 0 amide bonds. The van der Waals surface area contributed by atoms with Gasteiger partial charge in [0.25, 0.3) is 0 Å². The molecule has 3 nitrogen and oxygen atoms in total. The standard InChI is InChI=1S/C9H5Br2FN2O/c1-4-6(11)8(12)14-9(13-4)7-5(10)2-3-15-7/h2-3H,1H3. The Morgan fingerprint density at radius 2 is 2.07 bits per heavy atom. The first-order chi connectivity index (χ1) is 7.09. The maximum absolute atomic E-state index is 13.3. The van der Waals surface area contributed by atoms with E-state index in [1.807, 2.05) is 0 Å². The number of rotatable bonds is 1. The summed E-state index contributed by atoms with van der Waals surface area (Å²) in [5.74, 6) is 0.0513. The van der Waals surface area contributed by atoms with Crippen molar-refractivity contribution in [1.29, 1.82) is 0 Å². The Hall–Kier alpha value is -0.750. The van der Waals surface area contributed by atoms with Crippen LogP contribution in [0.4, 0.5) is 4.39 Å². The highest BCUT2D eigenvalue weighted by Crippen LogP contribution is 2.28. The Labute approximate surface area is 102 Å². The van der Waals surface area contributed by atoms with E-state index in [0.29, 0.717) is 15.9 Å². The molecule has 0 radical (unpaired) electrons. The van der Waals surface area contributed by atoms with E-state index in [4.69, 9.17) is 4.42 Å². The maximum atomic E-state index is 13.3. The molecule has 78 valence electrons. The second kappa shape index (κ2) is 4.02. The van der Waals surface area contributed by atoms with E-state index in [1.54, 1.807) is 13.0 Å². The van der Waals surface area contributed by atoms with Gasteiger partial charge in [-0.1, -0.05) is 0 Å². The summed E-state index contributed by atoms with van der Waals surface area (Å²) in [7, 11) is 0. The summed E-state index contributed by atoms with van der Waals surface area (Å²) >= 11 is 6.32. The van der Waals surface area contributed by atoms with Crippen LogP contribution in [0, 0.1) is 12.9 Å². The fourth-order valence-corrected chi connectivity index (χ4v) is 1.64. The third-order valence-corrected chi connectivity index (χ3v) is 3.32. The first-order valence-electron chi connectivity index (χ1n) is 4.02. The van der Waals surface area contributed by atoms with Gasteiger partial charge in [-0.3, -0.25) is 0 Å². The zero-order chi connectivity index (χ0) is 11.0. The highest BCUT2D eigenvalue weighted by Gasteiger charge is 2.14. The van der Waals surface area contributed by atoms with Crippen LogP contribution in [0.25, 0.3) is 11.6 Å². The predicted octanol–water partition coefficient (Wildman–Crippen LogP) is 3.71. The van der Waals surface area contributed by atoms with Crippen molar-refractivity contribution in [2.45, 2.75) is 6.92 Å². The largest absolute Gasteiger partial charge is 0.460 e. The summed E-state index contributed by atoms with van der Waals surface area (Å²) in [6.45, 7) is 1.69. The fraction of sp³-hybridized carbons (Fsp3) is 0.111. The summed E-state index contributed by atoms with van der Waals surface area (Å²) < 4.78 is 19.4. The van der Waals surface area contributed by atoms with Crippen LogP contribution >= 0.6 is 31.9 Å². The van der Waals surface area contributed by atoms with Gasteiger partial charge in [-0.15, -0.1) is 0 Å². The molecule has 2 heterocycles. The molecule has 0 unspecified atom stereocenters. The first-order valence-corrected chi connectivity index (χ1v) is 5.61. The molecule has 0 N–H and O–H groups in total. The van der Waals surface area contributed by atoms with E-state index in [2.05, 4.69) is 41.8 Å². The number of aromatic nitrogens is 2. The van der Waals surface area contributed by atoms with Crippen molar-refractivity contribution in [2.75, 3.05) is 0 Å². The van der Waals surface area contributed by atoms with E-state index in [1.165, 1.54) is 6.26 Å². The third kappa shape index (κ3) is 1.96. The molecular weight excluding hydrogens is 331 g/mol. The van der Waals surface area contributed by atoms with Crippen molar-refractivity contribution in [2.24, 2.45) is 0 Å². The average molecular weight is 336 g/mol. The van der Waals surface area contributed by atoms with E-state index < -0.39 is 5.95 Å². The molecule has 0 spiro atoms. The molecule has 15 heavy (non-hydrogen) atoms. The topological polar surface area (TPSA) is 38.9 Å². The van der Waals surface area contributed by atoms with E-state index in [-0.39, 0.29) is 10.3 Å². The van der Waals surface area contributed by atoms with Gasteiger partial charge in [0, 0.05) is 0 Å². The van der Waals surface area contributed by atoms with Crippen molar-refractivity contribution in [1.82, 2.24) is 9.97 Å². The number of nitrogens with zero attached hydrogens (tertiary/aromatic N) is 2. The van der Waals surface area contributed by atoms with E-state index in [0.717, 1.165) is 0 Å². The molecule has 2 aromatic rings. The molecule has 0 saturated carbocycles. The molecule has 0 bridgehead atoms. The van der Waals surface area contributed by atoms with Gasteiger partial charge in [0.05, 0.1) is 20.9 Å². The quantitative estimate of drug-likeness (QED) is 0.746. The van der Waals surface area contributed by atoms with E-state index >= 15 is 0 Å². The molecular formula is C9H5Br2FN2O. The van der Waals surface area contributed by atoms with Gasteiger partial charge in [0.2, 0.25) is 5.95 Å². The zero-order valence-corrected chi connectivity index (χ0v) is 10.8. The molecule has 0 atom stereocenters. The highest BCUT2D eigenvalue weighted by molar-refractivity contribution is 9.10. The van der Waals surface area contributed by atoms with Crippen LogP contribution in [-0.2, 0) is 0 Å². The summed E-state index contributed by atoms with van der Waals surface area (Å²) in [6, 6.07) is 1.70. The normalized spacial score (nSPS) is 10.7. The predicted molar refractivity (Wildman–Crippen MR) is 59.8 cm³/mol. The van der Waals surface area contributed by atoms with Gasteiger partial charge in [0.15, 0.2) is 11.6 Å². The SMILES string of the molecule is Cc1nc(-c2occc2Br)nc(F)c1Br. The second-order valence-electron chi connectivity index (χ2n) is 2.84. The molecule has 0 aliphatic carbocycles. The molecule has 6 heteroatoms. The minimum atomic E-state index is -0.596. The minimum Gasteiger partial charge on any atom is -0.460 e. The number of furan rings is 1. The van der Waals surface area contributed by atoms with Crippen molar-refractivity contribution in [3.05, 3.63) is 32.9 Å². The van der Waals surface area contributed by atoms with Crippen LogP contribution in [0.15, 0.2) is 25.7 Å². The van der Waals surface area contributed by atoms with E-state index in [9.17, 15) is 4.39 Å². The van der Waals surface area contributed by atoms with Gasteiger partial charge in [-0.25, -0.2) is 4.98 Å².